The summed E-state index contributed by atoms with van der Waals surface area (Å²) >= 11 is 0. The van der Waals surface area contributed by atoms with E-state index in [-0.39, 0.29) is 18.6 Å². The summed E-state index contributed by atoms with van der Waals surface area (Å²) in [4.78, 5) is 22.3. The Bertz CT molecular complexity index is 407. The first-order chi connectivity index (χ1) is 8.41. The smallest absolute Gasteiger partial charge is 0.430 e. The van der Waals surface area contributed by atoms with Crippen LogP contribution in [0.15, 0.2) is 0 Å². The first-order valence-electron chi connectivity index (χ1n) is 6.17. The molecule has 0 aromatic rings. The van der Waals surface area contributed by atoms with Gasteiger partial charge in [0.1, 0.15) is 23.9 Å². The van der Waals surface area contributed by atoms with E-state index < -0.39 is 23.5 Å². The Morgan fingerprint density at radius 2 is 1.83 bits per heavy atom. The minimum Gasteiger partial charge on any atom is -0.430 e. The van der Waals surface area contributed by atoms with E-state index in [1.165, 1.54) is 0 Å². The SMILES string of the molecule is CC1(C2CCC3(C)OC(=O)OC3C2)COC(=O)O1. The van der Waals surface area contributed by atoms with Crippen molar-refractivity contribution in [3.05, 3.63) is 0 Å². The lowest BCUT2D eigenvalue weighted by Crippen LogP contribution is -2.49. The molecule has 0 amide bonds. The Kier molecular flexibility index (Phi) is 2.27. The minimum atomic E-state index is -0.620. The van der Waals surface area contributed by atoms with Gasteiger partial charge < -0.3 is 18.9 Å². The summed E-state index contributed by atoms with van der Waals surface area (Å²) in [5.41, 5.74) is -1.15. The molecule has 0 aromatic heterocycles. The molecule has 0 radical (unpaired) electrons. The molecule has 2 heterocycles. The van der Waals surface area contributed by atoms with Gasteiger partial charge >= 0.3 is 12.3 Å². The fourth-order valence-electron chi connectivity index (χ4n) is 3.07. The zero-order valence-electron chi connectivity index (χ0n) is 10.4. The topological polar surface area (TPSA) is 71.1 Å². The standard InChI is InChI=1S/C12H16O6/c1-11-4-3-7(5-8(11)16-10(14)18-11)12(2)6-15-9(13)17-12/h7-8H,3-6H2,1-2H3. The van der Waals surface area contributed by atoms with Crippen molar-refractivity contribution in [2.24, 2.45) is 5.92 Å². The summed E-state index contributed by atoms with van der Waals surface area (Å²) in [6, 6.07) is 0. The van der Waals surface area contributed by atoms with Crippen LogP contribution in [0.4, 0.5) is 9.59 Å². The van der Waals surface area contributed by atoms with E-state index in [9.17, 15) is 9.59 Å². The predicted molar refractivity (Wildman–Crippen MR) is 57.9 cm³/mol. The highest BCUT2D eigenvalue weighted by molar-refractivity contribution is 5.64. The molecule has 0 aromatic carbocycles. The van der Waals surface area contributed by atoms with Crippen LogP contribution in [-0.4, -0.2) is 36.2 Å². The van der Waals surface area contributed by atoms with Crippen molar-refractivity contribution < 1.29 is 28.5 Å². The molecule has 6 nitrogen and oxygen atoms in total. The third-order valence-corrected chi connectivity index (χ3v) is 4.38. The Morgan fingerprint density at radius 3 is 2.50 bits per heavy atom. The molecule has 0 bridgehead atoms. The Balaban J connectivity index is 1.75. The Labute approximate surface area is 105 Å². The van der Waals surface area contributed by atoms with Gasteiger partial charge in [0.2, 0.25) is 0 Å². The summed E-state index contributed by atoms with van der Waals surface area (Å²) in [6.07, 6.45) is 0.672. The Hall–Kier alpha value is -1.46. The number of rotatable bonds is 1. The lowest BCUT2D eigenvalue weighted by Gasteiger charge is -2.40. The van der Waals surface area contributed by atoms with Crippen LogP contribution in [0.3, 0.4) is 0 Å². The van der Waals surface area contributed by atoms with Gasteiger partial charge in [-0.3, -0.25) is 0 Å². The number of hydrogen-bond acceptors (Lipinski definition) is 6. The van der Waals surface area contributed by atoms with E-state index in [2.05, 4.69) is 0 Å². The first kappa shape index (κ1) is 11.6. The van der Waals surface area contributed by atoms with Gasteiger partial charge in [0.15, 0.2) is 0 Å². The second-order valence-corrected chi connectivity index (χ2v) is 5.70. The summed E-state index contributed by atoms with van der Waals surface area (Å²) in [7, 11) is 0. The molecular formula is C12H16O6. The average Bonchev–Trinajstić information content (AvgIpc) is 2.77. The molecule has 18 heavy (non-hydrogen) atoms. The van der Waals surface area contributed by atoms with Crippen LogP contribution in [0.1, 0.15) is 33.1 Å². The van der Waals surface area contributed by atoms with Gasteiger partial charge in [-0.1, -0.05) is 0 Å². The second-order valence-electron chi connectivity index (χ2n) is 5.70. The van der Waals surface area contributed by atoms with Gasteiger partial charge in [-0.05, 0) is 33.1 Å². The number of carbonyl (C=O) groups is 2. The van der Waals surface area contributed by atoms with Crippen LogP contribution in [-0.2, 0) is 18.9 Å². The van der Waals surface area contributed by atoms with Crippen molar-refractivity contribution in [1.29, 1.82) is 0 Å². The third-order valence-electron chi connectivity index (χ3n) is 4.38. The summed E-state index contributed by atoms with van der Waals surface area (Å²) in [5, 5.41) is 0. The van der Waals surface area contributed by atoms with E-state index in [1.807, 2.05) is 13.8 Å². The summed E-state index contributed by atoms with van der Waals surface area (Å²) in [5.74, 6) is 0.122. The number of cyclic esters (lactones) is 2. The predicted octanol–water partition coefficient (Wildman–Crippen LogP) is 2.01. The van der Waals surface area contributed by atoms with Gasteiger partial charge in [-0.15, -0.1) is 0 Å². The molecule has 0 N–H and O–H groups in total. The maximum atomic E-state index is 11.2. The molecular weight excluding hydrogens is 240 g/mol. The number of carbonyl (C=O) groups excluding carboxylic acids is 2. The van der Waals surface area contributed by atoms with Crippen LogP contribution in [0, 0.1) is 5.92 Å². The van der Waals surface area contributed by atoms with E-state index >= 15 is 0 Å². The second kappa shape index (κ2) is 3.52. The molecule has 1 aliphatic carbocycles. The molecule has 4 atom stereocenters. The molecule has 1 saturated carbocycles. The number of hydrogen-bond donors (Lipinski definition) is 0. The third kappa shape index (κ3) is 1.62. The van der Waals surface area contributed by atoms with Gasteiger partial charge in [-0.2, -0.15) is 0 Å². The fourth-order valence-corrected chi connectivity index (χ4v) is 3.07. The van der Waals surface area contributed by atoms with Crippen molar-refractivity contribution in [1.82, 2.24) is 0 Å². The van der Waals surface area contributed by atoms with Crippen molar-refractivity contribution in [3.8, 4) is 0 Å². The van der Waals surface area contributed by atoms with Gasteiger partial charge in [0.25, 0.3) is 0 Å². The monoisotopic (exact) mass is 256 g/mol. The molecule has 3 aliphatic rings. The summed E-state index contributed by atoms with van der Waals surface area (Å²) in [6.45, 7) is 4.01. The van der Waals surface area contributed by atoms with E-state index in [0.717, 1.165) is 6.42 Å². The molecule has 100 valence electrons. The Morgan fingerprint density at radius 1 is 1.11 bits per heavy atom. The highest BCUT2D eigenvalue weighted by Crippen LogP contribution is 2.46. The van der Waals surface area contributed by atoms with Crippen molar-refractivity contribution in [3.63, 3.8) is 0 Å². The van der Waals surface area contributed by atoms with Gasteiger partial charge in [-0.25, -0.2) is 9.59 Å². The van der Waals surface area contributed by atoms with Gasteiger partial charge in [0.05, 0.1) is 0 Å². The number of ether oxygens (including phenoxy) is 4. The largest absolute Gasteiger partial charge is 0.509 e. The van der Waals surface area contributed by atoms with E-state index in [0.29, 0.717) is 12.8 Å². The number of fused-ring (bicyclic) bond motifs is 1. The molecule has 2 aliphatic heterocycles. The maximum Gasteiger partial charge on any atom is 0.509 e. The lowest BCUT2D eigenvalue weighted by atomic mass is 9.71. The molecule has 3 fully saturated rings. The van der Waals surface area contributed by atoms with Crippen molar-refractivity contribution in [2.75, 3.05) is 6.61 Å². The first-order valence-corrected chi connectivity index (χ1v) is 6.17. The van der Waals surface area contributed by atoms with Crippen molar-refractivity contribution >= 4 is 12.3 Å². The van der Waals surface area contributed by atoms with Crippen LogP contribution in [0.2, 0.25) is 0 Å². The van der Waals surface area contributed by atoms with Crippen molar-refractivity contribution in [2.45, 2.75) is 50.4 Å². The van der Waals surface area contributed by atoms with Gasteiger partial charge in [0, 0.05) is 5.92 Å². The summed E-state index contributed by atoms with van der Waals surface area (Å²) < 4.78 is 20.5. The molecule has 2 saturated heterocycles. The van der Waals surface area contributed by atoms with E-state index in [4.69, 9.17) is 18.9 Å². The molecule has 3 rings (SSSR count). The van der Waals surface area contributed by atoms with Crippen LogP contribution in [0.25, 0.3) is 0 Å². The van der Waals surface area contributed by atoms with Crippen LogP contribution in [0.5, 0.6) is 0 Å². The normalized spacial score (nSPS) is 46.8. The molecule has 6 heteroatoms. The van der Waals surface area contributed by atoms with Crippen LogP contribution >= 0.6 is 0 Å². The highest BCUT2D eigenvalue weighted by Gasteiger charge is 2.56. The maximum absolute atomic E-state index is 11.2. The quantitative estimate of drug-likeness (QED) is 0.668. The fraction of sp³-hybridized carbons (Fsp3) is 0.833. The van der Waals surface area contributed by atoms with Crippen LogP contribution < -0.4 is 0 Å². The minimum absolute atomic E-state index is 0.122. The zero-order chi connectivity index (χ0) is 13.0. The molecule has 0 spiro atoms. The zero-order valence-corrected chi connectivity index (χ0v) is 10.4. The van der Waals surface area contributed by atoms with E-state index in [1.54, 1.807) is 0 Å². The molecule has 4 unspecified atom stereocenters. The average molecular weight is 256 g/mol. The lowest BCUT2D eigenvalue weighted by molar-refractivity contribution is -0.0603. The highest BCUT2D eigenvalue weighted by atomic mass is 16.8.